The van der Waals surface area contributed by atoms with Gasteiger partial charge in [0, 0.05) is 19.8 Å². The Balaban J connectivity index is 2.39. The van der Waals surface area contributed by atoms with Gasteiger partial charge in [-0.25, -0.2) is 9.98 Å². The molecule has 4 nitrogen and oxygen atoms in total. The molecule has 1 aromatic heterocycles. The highest BCUT2D eigenvalue weighted by Gasteiger charge is 2.01. The van der Waals surface area contributed by atoms with E-state index in [9.17, 15) is 0 Å². The second kappa shape index (κ2) is 3.86. The normalized spacial score (nSPS) is 11.3. The number of aliphatic imine (C=N–C) groups is 1. The molecule has 1 heterocycles. The first-order valence-electron chi connectivity index (χ1n) is 4.52. The van der Waals surface area contributed by atoms with Gasteiger partial charge in [-0.1, -0.05) is 11.3 Å². The summed E-state index contributed by atoms with van der Waals surface area (Å²) in [7, 11) is 3.85. The zero-order valence-electron chi connectivity index (χ0n) is 8.64. The topological polar surface area (TPSA) is 54.5 Å². The van der Waals surface area contributed by atoms with Crippen LogP contribution in [0.4, 0.5) is 10.8 Å². The second-order valence-corrected chi connectivity index (χ2v) is 4.44. The number of hydrogen-bond acceptors (Lipinski definition) is 4. The van der Waals surface area contributed by atoms with E-state index in [1.807, 2.05) is 37.2 Å². The fourth-order valence-electron chi connectivity index (χ4n) is 1.15. The third-order valence-corrected chi connectivity index (χ3v) is 2.74. The van der Waals surface area contributed by atoms with Crippen LogP contribution in [-0.4, -0.2) is 30.3 Å². The number of aromatic nitrogens is 1. The molecule has 0 aliphatic rings. The highest BCUT2D eigenvalue weighted by atomic mass is 32.1. The minimum atomic E-state index is 0.732. The monoisotopic (exact) mass is 220 g/mol. The summed E-state index contributed by atoms with van der Waals surface area (Å²) in [6, 6.07) is 5.71. The number of anilines is 1. The lowest BCUT2D eigenvalue weighted by Crippen LogP contribution is -2.06. The lowest BCUT2D eigenvalue weighted by atomic mass is 10.3. The van der Waals surface area contributed by atoms with Crippen LogP contribution in [0.25, 0.3) is 10.2 Å². The molecule has 0 unspecified atom stereocenters. The van der Waals surface area contributed by atoms with Gasteiger partial charge in [0.25, 0.3) is 0 Å². The summed E-state index contributed by atoms with van der Waals surface area (Å²) in [5.74, 6) is 0. The molecule has 0 saturated carbocycles. The van der Waals surface area contributed by atoms with E-state index in [-0.39, 0.29) is 0 Å². The van der Waals surface area contributed by atoms with Crippen molar-refractivity contribution in [3.05, 3.63) is 18.2 Å². The molecule has 0 bridgehead atoms. The summed E-state index contributed by atoms with van der Waals surface area (Å²) in [6.45, 7) is 0. The molecule has 0 atom stereocenters. The van der Waals surface area contributed by atoms with Gasteiger partial charge in [0.2, 0.25) is 5.13 Å². The van der Waals surface area contributed by atoms with E-state index in [0.29, 0.717) is 0 Å². The predicted molar refractivity (Wildman–Crippen MR) is 65.9 cm³/mol. The van der Waals surface area contributed by atoms with Crippen molar-refractivity contribution in [3.8, 4) is 0 Å². The highest BCUT2D eigenvalue weighted by molar-refractivity contribution is 7.22. The summed E-state index contributed by atoms with van der Waals surface area (Å²) in [5, 5.41) is 0.754. The van der Waals surface area contributed by atoms with Gasteiger partial charge in [0.15, 0.2) is 0 Å². The second-order valence-electron chi connectivity index (χ2n) is 3.43. The smallest absolute Gasteiger partial charge is 0.211 e. The van der Waals surface area contributed by atoms with E-state index in [1.165, 1.54) is 0 Å². The zero-order valence-corrected chi connectivity index (χ0v) is 9.45. The Morgan fingerprint density at radius 3 is 3.00 bits per heavy atom. The number of hydrogen-bond donors (Lipinski definition) is 1. The number of rotatable bonds is 2. The largest absolute Gasteiger partial charge is 0.399 e. The molecular formula is C10H12N4S. The van der Waals surface area contributed by atoms with Crippen LogP contribution in [0.15, 0.2) is 23.2 Å². The lowest BCUT2D eigenvalue weighted by molar-refractivity contribution is 0.643. The molecular weight excluding hydrogens is 208 g/mol. The van der Waals surface area contributed by atoms with Crippen LogP contribution in [0.2, 0.25) is 0 Å². The van der Waals surface area contributed by atoms with Crippen LogP contribution in [0.3, 0.4) is 0 Å². The van der Waals surface area contributed by atoms with Crippen molar-refractivity contribution in [2.45, 2.75) is 0 Å². The molecule has 5 heteroatoms. The minimum absolute atomic E-state index is 0.732. The number of nitrogens with zero attached hydrogens (tertiary/aromatic N) is 3. The van der Waals surface area contributed by atoms with Crippen molar-refractivity contribution in [2.24, 2.45) is 4.99 Å². The van der Waals surface area contributed by atoms with Crippen LogP contribution in [0.1, 0.15) is 0 Å². The van der Waals surface area contributed by atoms with Crippen LogP contribution in [0, 0.1) is 0 Å². The molecule has 0 fully saturated rings. The van der Waals surface area contributed by atoms with Crippen molar-refractivity contribution in [1.82, 2.24) is 9.88 Å². The van der Waals surface area contributed by atoms with Crippen molar-refractivity contribution < 1.29 is 0 Å². The molecule has 2 rings (SSSR count). The molecule has 0 saturated heterocycles. The SMILES string of the molecule is CN(C)C=Nc1nc2cc(N)ccc2s1. The molecule has 2 N–H and O–H groups in total. The van der Waals surface area contributed by atoms with Crippen molar-refractivity contribution in [2.75, 3.05) is 19.8 Å². The molecule has 0 aliphatic heterocycles. The molecule has 15 heavy (non-hydrogen) atoms. The Morgan fingerprint density at radius 1 is 1.47 bits per heavy atom. The van der Waals surface area contributed by atoms with E-state index >= 15 is 0 Å². The standard InChI is InChI=1S/C10H12N4S/c1-14(2)6-12-10-13-8-5-7(11)3-4-9(8)15-10/h3-6H,11H2,1-2H3. The number of fused-ring (bicyclic) bond motifs is 1. The van der Waals surface area contributed by atoms with Crippen LogP contribution in [0.5, 0.6) is 0 Å². The fourth-order valence-corrected chi connectivity index (χ4v) is 1.94. The lowest BCUT2D eigenvalue weighted by Gasteiger charge is -1.99. The number of thiazole rings is 1. The fraction of sp³-hybridized carbons (Fsp3) is 0.200. The van der Waals surface area contributed by atoms with Gasteiger partial charge in [-0.3, -0.25) is 0 Å². The van der Waals surface area contributed by atoms with Gasteiger partial charge in [-0.15, -0.1) is 0 Å². The van der Waals surface area contributed by atoms with Gasteiger partial charge in [-0.05, 0) is 18.2 Å². The average molecular weight is 220 g/mol. The first-order chi connectivity index (χ1) is 7.15. The molecule has 78 valence electrons. The van der Waals surface area contributed by atoms with Gasteiger partial charge >= 0.3 is 0 Å². The molecule has 0 amide bonds. The summed E-state index contributed by atoms with van der Waals surface area (Å²) < 4.78 is 1.11. The first-order valence-corrected chi connectivity index (χ1v) is 5.33. The third kappa shape index (κ3) is 2.24. The van der Waals surface area contributed by atoms with Gasteiger partial charge < -0.3 is 10.6 Å². The van der Waals surface area contributed by atoms with Crippen molar-refractivity contribution in [3.63, 3.8) is 0 Å². The van der Waals surface area contributed by atoms with Crippen LogP contribution in [-0.2, 0) is 0 Å². The Bertz CT molecular complexity index is 501. The molecule has 0 spiro atoms. The molecule has 1 aromatic carbocycles. The van der Waals surface area contributed by atoms with Crippen molar-refractivity contribution >= 4 is 38.7 Å². The molecule has 0 aliphatic carbocycles. The maximum absolute atomic E-state index is 5.67. The quantitative estimate of drug-likeness (QED) is 0.479. The number of benzene rings is 1. The van der Waals surface area contributed by atoms with Crippen LogP contribution < -0.4 is 5.73 Å². The number of nitrogen functional groups attached to an aromatic ring is 1. The van der Waals surface area contributed by atoms with Crippen LogP contribution >= 0.6 is 11.3 Å². The first kappa shape index (κ1) is 9.92. The zero-order chi connectivity index (χ0) is 10.8. The predicted octanol–water partition coefficient (Wildman–Crippen LogP) is 2.10. The van der Waals surface area contributed by atoms with E-state index in [1.54, 1.807) is 17.7 Å². The Hall–Kier alpha value is -1.62. The average Bonchev–Trinajstić information content (AvgIpc) is 2.56. The Kier molecular flexibility index (Phi) is 2.55. The Morgan fingerprint density at radius 2 is 2.27 bits per heavy atom. The molecule has 0 radical (unpaired) electrons. The minimum Gasteiger partial charge on any atom is -0.399 e. The van der Waals surface area contributed by atoms with Crippen molar-refractivity contribution in [1.29, 1.82) is 0 Å². The molecule has 2 aromatic rings. The highest BCUT2D eigenvalue weighted by Crippen LogP contribution is 2.28. The maximum atomic E-state index is 5.67. The summed E-state index contributed by atoms with van der Waals surface area (Å²) >= 11 is 1.56. The maximum Gasteiger partial charge on any atom is 0.211 e. The number of nitrogens with two attached hydrogens (primary N) is 1. The van der Waals surface area contributed by atoms with Gasteiger partial charge in [0.1, 0.15) is 0 Å². The third-order valence-electron chi connectivity index (χ3n) is 1.80. The van der Waals surface area contributed by atoms with E-state index in [0.717, 1.165) is 21.0 Å². The summed E-state index contributed by atoms with van der Waals surface area (Å²) in [5.41, 5.74) is 7.31. The van der Waals surface area contributed by atoms with Gasteiger partial charge in [0.05, 0.1) is 16.6 Å². The Labute approximate surface area is 92.1 Å². The van der Waals surface area contributed by atoms with E-state index in [2.05, 4.69) is 9.98 Å². The summed E-state index contributed by atoms with van der Waals surface area (Å²) in [6.07, 6.45) is 1.74. The van der Waals surface area contributed by atoms with E-state index < -0.39 is 0 Å². The summed E-state index contributed by atoms with van der Waals surface area (Å²) in [4.78, 5) is 10.5. The van der Waals surface area contributed by atoms with E-state index in [4.69, 9.17) is 5.73 Å². The van der Waals surface area contributed by atoms with Gasteiger partial charge in [-0.2, -0.15) is 0 Å².